The zero-order valence-electron chi connectivity index (χ0n) is 12.8. The minimum absolute atomic E-state index is 0.333. The molecule has 0 amide bonds. The van der Waals surface area contributed by atoms with Crippen LogP contribution in [0, 0.1) is 0 Å². The van der Waals surface area contributed by atoms with E-state index < -0.39 is 0 Å². The van der Waals surface area contributed by atoms with Crippen LogP contribution in [0.25, 0.3) is 0 Å². The second-order valence-electron chi connectivity index (χ2n) is 5.91. The molecule has 2 fully saturated rings. The molecule has 0 spiro atoms. The summed E-state index contributed by atoms with van der Waals surface area (Å²) >= 11 is 0. The van der Waals surface area contributed by atoms with E-state index in [2.05, 4.69) is 15.1 Å². The van der Waals surface area contributed by atoms with E-state index in [1.165, 1.54) is 12.8 Å². The van der Waals surface area contributed by atoms with Crippen LogP contribution in [-0.2, 0) is 22.4 Å². The monoisotopic (exact) mass is 295 g/mol. The van der Waals surface area contributed by atoms with Gasteiger partial charge < -0.3 is 13.9 Å². The summed E-state index contributed by atoms with van der Waals surface area (Å²) in [6, 6.07) is 0. The van der Waals surface area contributed by atoms with Crippen molar-refractivity contribution in [2.45, 2.75) is 57.8 Å². The summed E-state index contributed by atoms with van der Waals surface area (Å²) in [6.07, 6.45) is 6.07. The SMILES string of the molecule is CCc1nnc(CN(C[C@H]2CCCO2)C[C@H]2CCCO2)o1. The van der Waals surface area contributed by atoms with Crippen LogP contribution in [-0.4, -0.2) is 53.6 Å². The maximum absolute atomic E-state index is 5.76. The Hall–Kier alpha value is -0.980. The third-order valence-corrected chi connectivity index (χ3v) is 4.14. The molecule has 21 heavy (non-hydrogen) atoms. The number of hydrogen-bond acceptors (Lipinski definition) is 6. The average Bonchev–Trinajstić information content (AvgIpc) is 3.20. The largest absolute Gasteiger partial charge is 0.424 e. The molecule has 0 unspecified atom stereocenters. The van der Waals surface area contributed by atoms with E-state index >= 15 is 0 Å². The zero-order chi connectivity index (χ0) is 14.5. The zero-order valence-corrected chi connectivity index (χ0v) is 12.8. The van der Waals surface area contributed by atoms with Crippen molar-refractivity contribution in [2.75, 3.05) is 26.3 Å². The van der Waals surface area contributed by atoms with Crippen molar-refractivity contribution in [3.63, 3.8) is 0 Å². The van der Waals surface area contributed by atoms with Crippen LogP contribution < -0.4 is 0 Å². The van der Waals surface area contributed by atoms with E-state index in [0.29, 0.717) is 30.5 Å². The number of hydrogen-bond donors (Lipinski definition) is 0. The van der Waals surface area contributed by atoms with E-state index in [0.717, 1.165) is 45.6 Å². The molecule has 0 bridgehead atoms. The Kier molecular flexibility index (Phi) is 5.22. The van der Waals surface area contributed by atoms with E-state index in [9.17, 15) is 0 Å². The number of ether oxygens (including phenoxy) is 2. The normalized spacial score (nSPS) is 26.0. The van der Waals surface area contributed by atoms with Gasteiger partial charge in [-0.25, -0.2) is 0 Å². The number of aromatic nitrogens is 2. The van der Waals surface area contributed by atoms with Gasteiger partial charge in [0.15, 0.2) is 0 Å². The number of nitrogens with zero attached hydrogens (tertiary/aromatic N) is 3. The Bertz CT molecular complexity index is 408. The van der Waals surface area contributed by atoms with Gasteiger partial charge in [0.25, 0.3) is 0 Å². The maximum atomic E-state index is 5.76. The van der Waals surface area contributed by atoms with Gasteiger partial charge >= 0.3 is 0 Å². The van der Waals surface area contributed by atoms with Crippen molar-refractivity contribution in [2.24, 2.45) is 0 Å². The number of aryl methyl sites for hydroxylation is 1. The Balaban J connectivity index is 1.58. The molecule has 2 aliphatic rings. The van der Waals surface area contributed by atoms with Gasteiger partial charge in [-0.2, -0.15) is 0 Å². The number of rotatable bonds is 7. The Morgan fingerprint density at radius 1 is 1.00 bits per heavy atom. The summed E-state index contributed by atoms with van der Waals surface area (Å²) in [5.41, 5.74) is 0. The molecule has 0 N–H and O–H groups in total. The molecule has 3 rings (SSSR count). The molecule has 6 heteroatoms. The molecule has 2 aliphatic heterocycles. The van der Waals surface area contributed by atoms with Crippen LogP contribution in [0.1, 0.15) is 44.4 Å². The third-order valence-electron chi connectivity index (χ3n) is 4.14. The van der Waals surface area contributed by atoms with Crippen LogP contribution in [0.4, 0.5) is 0 Å². The first-order chi connectivity index (χ1) is 10.3. The first-order valence-electron chi connectivity index (χ1n) is 8.10. The highest BCUT2D eigenvalue weighted by atomic mass is 16.5. The predicted octanol–water partition coefficient (Wildman–Crippen LogP) is 1.79. The molecular weight excluding hydrogens is 270 g/mol. The van der Waals surface area contributed by atoms with E-state index in [1.54, 1.807) is 0 Å². The van der Waals surface area contributed by atoms with Gasteiger partial charge in [-0.1, -0.05) is 6.92 Å². The average molecular weight is 295 g/mol. The Morgan fingerprint density at radius 3 is 2.10 bits per heavy atom. The second-order valence-corrected chi connectivity index (χ2v) is 5.91. The van der Waals surface area contributed by atoms with Crippen molar-refractivity contribution in [1.82, 2.24) is 15.1 Å². The van der Waals surface area contributed by atoms with Gasteiger partial charge in [-0.05, 0) is 25.7 Å². The lowest BCUT2D eigenvalue weighted by Gasteiger charge is -2.26. The Labute approximate surface area is 125 Å². The highest BCUT2D eigenvalue weighted by Gasteiger charge is 2.25. The van der Waals surface area contributed by atoms with E-state index in [1.807, 2.05) is 6.92 Å². The molecule has 2 atom stereocenters. The van der Waals surface area contributed by atoms with Gasteiger partial charge in [0, 0.05) is 32.7 Å². The molecule has 1 aromatic heterocycles. The van der Waals surface area contributed by atoms with Crippen molar-refractivity contribution >= 4 is 0 Å². The molecule has 1 aromatic rings. The van der Waals surface area contributed by atoms with Crippen molar-refractivity contribution in [3.05, 3.63) is 11.8 Å². The minimum atomic E-state index is 0.333. The van der Waals surface area contributed by atoms with Gasteiger partial charge in [0.1, 0.15) is 0 Å². The summed E-state index contributed by atoms with van der Waals surface area (Å²) in [5, 5.41) is 8.18. The molecule has 0 aromatic carbocycles. The van der Waals surface area contributed by atoms with Crippen molar-refractivity contribution < 1.29 is 13.9 Å². The van der Waals surface area contributed by atoms with Crippen LogP contribution in [0.3, 0.4) is 0 Å². The second kappa shape index (κ2) is 7.33. The van der Waals surface area contributed by atoms with E-state index in [4.69, 9.17) is 13.9 Å². The van der Waals surface area contributed by atoms with E-state index in [-0.39, 0.29) is 0 Å². The molecule has 3 heterocycles. The quantitative estimate of drug-likeness (QED) is 0.764. The van der Waals surface area contributed by atoms with Crippen LogP contribution in [0.2, 0.25) is 0 Å². The summed E-state index contributed by atoms with van der Waals surface area (Å²) in [7, 11) is 0. The third kappa shape index (κ3) is 4.25. The fraction of sp³-hybridized carbons (Fsp3) is 0.867. The van der Waals surface area contributed by atoms with Gasteiger partial charge in [0.05, 0.1) is 18.8 Å². The van der Waals surface area contributed by atoms with Crippen LogP contribution >= 0.6 is 0 Å². The summed E-state index contributed by atoms with van der Waals surface area (Å²) in [6.45, 7) is 6.33. The standard InChI is InChI=1S/C15H25N3O3/c1-2-14-16-17-15(21-14)11-18(9-12-5-3-7-19-12)10-13-6-4-8-20-13/h12-13H,2-11H2,1H3/t12-,13-/m1/s1. The van der Waals surface area contributed by atoms with Gasteiger partial charge in [0.2, 0.25) is 11.8 Å². The lowest BCUT2D eigenvalue weighted by molar-refractivity contribution is 0.0315. The summed E-state index contributed by atoms with van der Waals surface area (Å²) < 4.78 is 17.2. The highest BCUT2D eigenvalue weighted by molar-refractivity contribution is 4.84. The topological polar surface area (TPSA) is 60.6 Å². The van der Waals surface area contributed by atoms with Crippen LogP contribution in [0.15, 0.2) is 4.42 Å². The van der Waals surface area contributed by atoms with Crippen molar-refractivity contribution in [3.8, 4) is 0 Å². The first kappa shape index (κ1) is 14.9. The lowest BCUT2D eigenvalue weighted by Crippen LogP contribution is -2.37. The fourth-order valence-electron chi connectivity index (χ4n) is 3.04. The molecule has 0 saturated carbocycles. The molecule has 2 saturated heterocycles. The molecule has 0 radical (unpaired) electrons. The molecule has 0 aliphatic carbocycles. The van der Waals surface area contributed by atoms with Gasteiger partial charge in [-0.3, -0.25) is 4.90 Å². The maximum Gasteiger partial charge on any atom is 0.230 e. The van der Waals surface area contributed by atoms with Crippen molar-refractivity contribution in [1.29, 1.82) is 0 Å². The smallest absolute Gasteiger partial charge is 0.230 e. The highest BCUT2D eigenvalue weighted by Crippen LogP contribution is 2.18. The van der Waals surface area contributed by atoms with Crippen LogP contribution in [0.5, 0.6) is 0 Å². The minimum Gasteiger partial charge on any atom is -0.424 e. The Morgan fingerprint density at radius 2 is 1.62 bits per heavy atom. The van der Waals surface area contributed by atoms with Gasteiger partial charge in [-0.15, -0.1) is 10.2 Å². The summed E-state index contributed by atoms with van der Waals surface area (Å²) in [5.74, 6) is 1.40. The fourth-order valence-corrected chi connectivity index (χ4v) is 3.04. The molecule has 6 nitrogen and oxygen atoms in total. The predicted molar refractivity (Wildman–Crippen MR) is 76.9 cm³/mol. The summed E-state index contributed by atoms with van der Waals surface area (Å²) in [4.78, 5) is 2.35. The molecule has 118 valence electrons. The lowest BCUT2D eigenvalue weighted by atomic mass is 10.2. The molecular formula is C15H25N3O3. The first-order valence-corrected chi connectivity index (χ1v) is 8.10.